The highest BCUT2D eigenvalue weighted by Crippen LogP contribution is 2.37. The van der Waals surface area contributed by atoms with Gasteiger partial charge in [0.25, 0.3) is 0 Å². The maximum atomic E-state index is 10.9. The van der Waals surface area contributed by atoms with Crippen LogP contribution in [0.2, 0.25) is 5.02 Å². The summed E-state index contributed by atoms with van der Waals surface area (Å²) in [5.74, 6) is -0.362. The van der Waals surface area contributed by atoms with Crippen molar-refractivity contribution in [2.24, 2.45) is 0 Å². The second-order valence-corrected chi connectivity index (χ2v) is 4.74. The fraction of sp³-hybridized carbons (Fsp3) is 0.0833. The van der Waals surface area contributed by atoms with Gasteiger partial charge in [0.05, 0.1) is 5.02 Å². The summed E-state index contributed by atoms with van der Waals surface area (Å²) in [7, 11) is 0. The number of thiophene rings is 1. The summed E-state index contributed by atoms with van der Waals surface area (Å²) in [4.78, 5) is 11.1. The number of carboxylic acids is 1. The molecule has 17 heavy (non-hydrogen) atoms. The molecule has 3 nitrogen and oxygen atoms in total. The predicted octanol–water partition coefficient (Wildman–Crippen LogP) is 3.82. The minimum Gasteiger partial charge on any atom is -0.490 e. The lowest BCUT2D eigenvalue weighted by Crippen LogP contribution is -1.92. The van der Waals surface area contributed by atoms with E-state index in [9.17, 15) is 4.79 Å². The number of benzene rings is 1. The second kappa shape index (κ2) is 4.77. The van der Waals surface area contributed by atoms with Gasteiger partial charge in [-0.1, -0.05) is 24.3 Å². The Hall–Kier alpha value is -1.52. The normalized spacial score (nSPS) is 10.4. The van der Waals surface area contributed by atoms with Crippen LogP contribution in [0.4, 0.5) is 0 Å². The van der Waals surface area contributed by atoms with Crippen molar-refractivity contribution in [2.75, 3.05) is 6.61 Å². The Labute approximate surface area is 107 Å². The molecule has 0 spiro atoms. The number of carboxylic acid groups (broad SMARTS) is 1. The van der Waals surface area contributed by atoms with Gasteiger partial charge in [0.1, 0.15) is 17.2 Å². The van der Waals surface area contributed by atoms with Gasteiger partial charge in [0, 0.05) is 10.1 Å². The van der Waals surface area contributed by atoms with Crippen molar-refractivity contribution >= 4 is 39.0 Å². The van der Waals surface area contributed by atoms with Gasteiger partial charge in [-0.2, -0.15) is 0 Å². The quantitative estimate of drug-likeness (QED) is 0.858. The van der Waals surface area contributed by atoms with Crippen LogP contribution in [0.5, 0.6) is 5.75 Å². The summed E-state index contributed by atoms with van der Waals surface area (Å²) in [6.07, 6.45) is 1.64. The molecule has 88 valence electrons. The molecule has 0 bridgehead atoms. The Morgan fingerprint density at radius 2 is 2.35 bits per heavy atom. The summed E-state index contributed by atoms with van der Waals surface area (Å²) in [5, 5.41) is 9.93. The van der Waals surface area contributed by atoms with E-state index in [0.29, 0.717) is 17.7 Å². The van der Waals surface area contributed by atoms with Crippen LogP contribution < -0.4 is 4.74 Å². The number of carbonyl (C=O) groups is 1. The molecule has 0 saturated heterocycles. The zero-order chi connectivity index (χ0) is 12.4. The number of hydrogen-bond donors (Lipinski definition) is 1. The number of aromatic carboxylic acids is 1. The van der Waals surface area contributed by atoms with Gasteiger partial charge in [-0.3, -0.25) is 0 Å². The number of halogens is 1. The molecule has 5 heteroatoms. The van der Waals surface area contributed by atoms with Crippen LogP contribution in [0.25, 0.3) is 10.1 Å². The van der Waals surface area contributed by atoms with Crippen LogP contribution in [0.3, 0.4) is 0 Å². The number of rotatable bonds is 4. The largest absolute Gasteiger partial charge is 0.490 e. The molecule has 1 aromatic carbocycles. The smallest absolute Gasteiger partial charge is 0.347 e. The van der Waals surface area contributed by atoms with Crippen LogP contribution >= 0.6 is 22.9 Å². The summed E-state index contributed by atoms with van der Waals surface area (Å²) < 4.78 is 6.20. The average Bonchev–Trinajstić information content (AvgIpc) is 2.64. The minimum atomic E-state index is -1.01. The summed E-state index contributed by atoms with van der Waals surface area (Å²) >= 11 is 7.17. The van der Waals surface area contributed by atoms with Crippen molar-refractivity contribution < 1.29 is 14.6 Å². The van der Waals surface area contributed by atoms with E-state index in [1.54, 1.807) is 24.3 Å². The number of ether oxygens (including phenoxy) is 1. The Kier molecular flexibility index (Phi) is 3.36. The third-order valence-electron chi connectivity index (χ3n) is 2.16. The molecule has 0 atom stereocenters. The third-order valence-corrected chi connectivity index (χ3v) is 3.82. The van der Waals surface area contributed by atoms with Crippen molar-refractivity contribution in [1.82, 2.24) is 0 Å². The SMILES string of the molecule is C=CCOc1ccc2sc(C(=O)O)c(Cl)c2c1. The summed E-state index contributed by atoms with van der Waals surface area (Å²) in [6.45, 7) is 3.96. The van der Waals surface area contributed by atoms with E-state index in [1.807, 2.05) is 0 Å². The van der Waals surface area contributed by atoms with E-state index in [1.165, 1.54) is 0 Å². The van der Waals surface area contributed by atoms with Gasteiger partial charge in [-0.25, -0.2) is 4.79 Å². The van der Waals surface area contributed by atoms with Crippen LogP contribution in [0, 0.1) is 0 Å². The molecule has 0 aliphatic carbocycles. The highest BCUT2D eigenvalue weighted by molar-refractivity contribution is 7.21. The molecule has 0 aliphatic rings. The first-order valence-electron chi connectivity index (χ1n) is 4.82. The topological polar surface area (TPSA) is 46.5 Å². The molecule has 2 aromatic rings. The van der Waals surface area contributed by atoms with Gasteiger partial charge < -0.3 is 9.84 Å². The first-order chi connectivity index (χ1) is 8.13. The highest BCUT2D eigenvalue weighted by Gasteiger charge is 2.16. The maximum Gasteiger partial charge on any atom is 0.347 e. The highest BCUT2D eigenvalue weighted by atomic mass is 35.5. The average molecular weight is 269 g/mol. The zero-order valence-corrected chi connectivity index (χ0v) is 10.3. The number of fused-ring (bicyclic) bond motifs is 1. The Balaban J connectivity index is 2.49. The Bertz CT molecular complexity index is 589. The standard InChI is InChI=1S/C12H9ClO3S/c1-2-5-16-7-3-4-9-8(6-7)10(13)11(17-9)12(14)15/h2-4,6H,1,5H2,(H,14,15). The number of hydrogen-bond acceptors (Lipinski definition) is 3. The first kappa shape index (κ1) is 12.0. The molecular weight excluding hydrogens is 260 g/mol. The van der Waals surface area contributed by atoms with E-state index in [4.69, 9.17) is 21.4 Å². The van der Waals surface area contributed by atoms with Gasteiger partial charge in [-0.15, -0.1) is 11.3 Å². The van der Waals surface area contributed by atoms with E-state index in [-0.39, 0.29) is 9.90 Å². The van der Waals surface area contributed by atoms with Gasteiger partial charge in [0.2, 0.25) is 0 Å². The van der Waals surface area contributed by atoms with Crippen LogP contribution in [-0.2, 0) is 0 Å². The van der Waals surface area contributed by atoms with E-state index >= 15 is 0 Å². The minimum absolute atomic E-state index is 0.155. The van der Waals surface area contributed by atoms with Crippen molar-refractivity contribution in [3.8, 4) is 5.75 Å². The molecule has 1 aromatic heterocycles. The molecule has 0 fully saturated rings. The predicted molar refractivity (Wildman–Crippen MR) is 69.5 cm³/mol. The summed E-state index contributed by atoms with van der Waals surface area (Å²) in [5.41, 5.74) is 0. The van der Waals surface area contributed by atoms with Gasteiger partial charge in [0.15, 0.2) is 0 Å². The molecular formula is C12H9ClO3S. The zero-order valence-electron chi connectivity index (χ0n) is 8.77. The molecule has 0 amide bonds. The van der Waals surface area contributed by atoms with E-state index in [2.05, 4.69) is 6.58 Å². The molecule has 1 N–H and O–H groups in total. The lowest BCUT2D eigenvalue weighted by molar-refractivity contribution is 0.0702. The van der Waals surface area contributed by atoms with Crippen molar-refractivity contribution in [2.45, 2.75) is 0 Å². The van der Waals surface area contributed by atoms with Crippen LogP contribution in [-0.4, -0.2) is 17.7 Å². The lowest BCUT2D eigenvalue weighted by atomic mass is 10.2. The Morgan fingerprint density at radius 3 is 3.00 bits per heavy atom. The maximum absolute atomic E-state index is 10.9. The van der Waals surface area contributed by atoms with Crippen molar-refractivity contribution in [3.05, 3.63) is 40.8 Å². The van der Waals surface area contributed by atoms with Crippen LogP contribution in [0.15, 0.2) is 30.9 Å². The van der Waals surface area contributed by atoms with Crippen molar-refractivity contribution in [3.63, 3.8) is 0 Å². The lowest BCUT2D eigenvalue weighted by Gasteiger charge is -2.02. The monoisotopic (exact) mass is 268 g/mol. The molecule has 2 rings (SSSR count). The third kappa shape index (κ3) is 2.28. The van der Waals surface area contributed by atoms with Gasteiger partial charge >= 0.3 is 5.97 Å². The van der Waals surface area contributed by atoms with E-state index < -0.39 is 5.97 Å². The first-order valence-corrected chi connectivity index (χ1v) is 6.02. The molecule has 1 heterocycles. The van der Waals surface area contributed by atoms with Gasteiger partial charge in [-0.05, 0) is 18.2 Å². The van der Waals surface area contributed by atoms with E-state index in [0.717, 1.165) is 16.0 Å². The molecule has 0 aliphatic heterocycles. The fourth-order valence-corrected chi connectivity index (χ4v) is 2.75. The van der Waals surface area contributed by atoms with Crippen LogP contribution in [0.1, 0.15) is 9.67 Å². The molecule has 0 saturated carbocycles. The fourth-order valence-electron chi connectivity index (χ4n) is 1.43. The Morgan fingerprint density at radius 1 is 1.59 bits per heavy atom. The molecule has 0 radical (unpaired) electrons. The summed E-state index contributed by atoms with van der Waals surface area (Å²) in [6, 6.07) is 5.32. The van der Waals surface area contributed by atoms with Crippen molar-refractivity contribution in [1.29, 1.82) is 0 Å². The molecule has 0 unspecified atom stereocenters. The second-order valence-electron chi connectivity index (χ2n) is 3.31.